The molecule has 6 nitrogen and oxygen atoms in total. The van der Waals surface area contributed by atoms with Gasteiger partial charge in [-0.15, -0.1) is 0 Å². The molecular weight excluding hydrogens is 296 g/mol. The van der Waals surface area contributed by atoms with Crippen molar-refractivity contribution in [2.75, 3.05) is 53.6 Å². The van der Waals surface area contributed by atoms with E-state index in [4.69, 9.17) is 14.2 Å². The number of hydrogen-bond donors (Lipinski definition) is 2. The highest BCUT2D eigenvalue weighted by Crippen LogP contribution is 2.29. The summed E-state index contributed by atoms with van der Waals surface area (Å²) in [4.78, 5) is 2.23. The van der Waals surface area contributed by atoms with Crippen LogP contribution >= 0.6 is 0 Å². The molecule has 0 aliphatic carbocycles. The van der Waals surface area contributed by atoms with E-state index >= 15 is 0 Å². The van der Waals surface area contributed by atoms with Gasteiger partial charge in [0.1, 0.15) is 11.5 Å². The summed E-state index contributed by atoms with van der Waals surface area (Å²) < 4.78 is 16.0. The van der Waals surface area contributed by atoms with Crippen molar-refractivity contribution in [1.82, 2.24) is 10.2 Å². The molecule has 23 heavy (non-hydrogen) atoms. The van der Waals surface area contributed by atoms with E-state index in [1.165, 1.54) is 0 Å². The first-order valence-electron chi connectivity index (χ1n) is 8.07. The summed E-state index contributed by atoms with van der Waals surface area (Å²) in [5.41, 5.74) is 1.02. The highest BCUT2D eigenvalue weighted by molar-refractivity contribution is 5.42. The molecule has 1 aromatic carbocycles. The third-order valence-electron chi connectivity index (χ3n) is 4.14. The van der Waals surface area contributed by atoms with Crippen molar-refractivity contribution in [1.29, 1.82) is 0 Å². The molecule has 0 saturated carbocycles. The molecule has 130 valence electrons. The van der Waals surface area contributed by atoms with Gasteiger partial charge in [0.15, 0.2) is 0 Å². The predicted molar refractivity (Wildman–Crippen MR) is 89.2 cm³/mol. The summed E-state index contributed by atoms with van der Waals surface area (Å²) in [5.74, 6) is 1.61. The first-order chi connectivity index (χ1) is 11.1. The van der Waals surface area contributed by atoms with Crippen LogP contribution in [0.2, 0.25) is 0 Å². The number of nitrogens with one attached hydrogen (secondary N) is 1. The molecule has 6 heteroatoms. The summed E-state index contributed by atoms with van der Waals surface area (Å²) in [6.45, 7) is 6.51. The van der Waals surface area contributed by atoms with Gasteiger partial charge in [-0.2, -0.15) is 0 Å². The number of β-amino-alcohol motifs (C(OH)–C–C–N with tert-alkyl or cyclic N) is 1. The Morgan fingerprint density at radius 2 is 2.00 bits per heavy atom. The van der Waals surface area contributed by atoms with E-state index in [0.717, 1.165) is 43.4 Å². The van der Waals surface area contributed by atoms with Crippen molar-refractivity contribution in [3.05, 3.63) is 23.8 Å². The number of morpholine rings is 1. The van der Waals surface area contributed by atoms with Gasteiger partial charge < -0.3 is 24.6 Å². The molecule has 2 rings (SSSR count). The number of hydrogen-bond acceptors (Lipinski definition) is 6. The first-order valence-corrected chi connectivity index (χ1v) is 8.07. The number of ether oxygens (including phenoxy) is 3. The topological polar surface area (TPSA) is 63.2 Å². The molecule has 1 aromatic rings. The van der Waals surface area contributed by atoms with Crippen LogP contribution in [0.1, 0.15) is 18.5 Å². The van der Waals surface area contributed by atoms with Crippen molar-refractivity contribution >= 4 is 0 Å². The van der Waals surface area contributed by atoms with Gasteiger partial charge in [0, 0.05) is 37.8 Å². The van der Waals surface area contributed by atoms with Gasteiger partial charge in [0.2, 0.25) is 0 Å². The molecule has 0 amide bonds. The second kappa shape index (κ2) is 9.08. The molecule has 0 radical (unpaired) electrons. The summed E-state index contributed by atoms with van der Waals surface area (Å²) in [5, 5.41) is 13.6. The van der Waals surface area contributed by atoms with E-state index in [2.05, 4.69) is 17.1 Å². The van der Waals surface area contributed by atoms with Crippen LogP contribution in [0.3, 0.4) is 0 Å². The van der Waals surface area contributed by atoms with Crippen molar-refractivity contribution in [2.24, 2.45) is 0 Å². The molecule has 0 unspecified atom stereocenters. The Bertz CT molecular complexity index is 478. The fraction of sp³-hybridized carbons (Fsp3) is 0.647. The number of aliphatic hydroxyl groups is 1. The Balaban J connectivity index is 1.87. The zero-order valence-electron chi connectivity index (χ0n) is 14.2. The maximum Gasteiger partial charge on any atom is 0.123 e. The van der Waals surface area contributed by atoms with E-state index in [1.54, 1.807) is 14.2 Å². The molecular formula is C17H28N2O4. The predicted octanol–water partition coefficient (Wildman–Crippen LogP) is 1.05. The van der Waals surface area contributed by atoms with Crippen molar-refractivity contribution in [3.63, 3.8) is 0 Å². The SMILES string of the molecule is COc1ccc(OC)c([C@@H](C)NC[C@H](O)CN2CCOCC2)c1. The Kier molecular flexibility index (Phi) is 7.11. The molecule has 2 N–H and O–H groups in total. The Labute approximate surface area is 138 Å². The quantitative estimate of drug-likeness (QED) is 0.745. The Hall–Kier alpha value is -1.34. The smallest absolute Gasteiger partial charge is 0.123 e. The van der Waals surface area contributed by atoms with E-state index in [-0.39, 0.29) is 6.04 Å². The highest BCUT2D eigenvalue weighted by atomic mass is 16.5. The van der Waals surface area contributed by atoms with E-state index < -0.39 is 6.10 Å². The lowest BCUT2D eigenvalue weighted by Crippen LogP contribution is -2.44. The monoisotopic (exact) mass is 324 g/mol. The molecule has 1 heterocycles. The van der Waals surface area contributed by atoms with Gasteiger partial charge in [-0.25, -0.2) is 0 Å². The van der Waals surface area contributed by atoms with Gasteiger partial charge in [-0.05, 0) is 25.1 Å². The van der Waals surface area contributed by atoms with Crippen molar-refractivity contribution in [2.45, 2.75) is 19.1 Å². The van der Waals surface area contributed by atoms with Crippen molar-refractivity contribution in [3.8, 4) is 11.5 Å². The largest absolute Gasteiger partial charge is 0.497 e. The molecule has 1 saturated heterocycles. The van der Waals surface area contributed by atoms with Gasteiger partial charge in [0.05, 0.1) is 33.5 Å². The number of aliphatic hydroxyl groups excluding tert-OH is 1. The lowest BCUT2D eigenvalue weighted by atomic mass is 10.1. The zero-order chi connectivity index (χ0) is 16.7. The van der Waals surface area contributed by atoms with Crippen LogP contribution in [0.5, 0.6) is 11.5 Å². The number of rotatable bonds is 8. The minimum Gasteiger partial charge on any atom is -0.497 e. The van der Waals surface area contributed by atoms with Crippen LogP contribution in [-0.4, -0.2) is 69.7 Å². The molecule has 1 aliphatic rings. The molecule has 1 fully saturated rings. The fourth-order valence-electron chi connectivity index (χ4n) is 2.75. The maximum atomic E-state index is 10.2. The average molecular weight is 324 g/mol. The molecule has 2 atom stereocenters. The highest BCUT2D eigenvalue weighted by Gasteiger charge is 2.17. The van der Waals surface area contributed by atoms with E-state index in [0.29, 0.717) is 13.1 Å². The molecule has 1 aliphatic heterocycles. The van der Waals surface area contributed by atoms with Crippen LogP contribution in [-0.2, 0) is 4.74 Å². The third kappa shape index (κ3) is 5.35. The van der Waals surface area contributed by atoms with Crippen LogP contribution in [0.25, 0.3) is 0 Å². The average Bonchev–Trinajstić information content (AvgIpc) is 2.60. The van der Waals surface area contributed by atoms with Gasteiger partial charge in [-0.3, -0.25) is 4.90 Å². The molecule has 0 spiro atoms. The lowest BCUT2D eigenvalue weighted by Gasteiger charge is -2.29. The minimum atomic E-state index is -0.410. The van der Waals surface area contributed by atoms with Crippen molar-refractivity contribution < 1.29 is 19.3 Å². The Morgan fingerprint density at radius 3 is 2.65 bits per heavy atom. The first kappa shape index (κ1) is 18.0. The standard InChI is InChI=1S/C17H28N2O4/c1-13(16-10-15(21-2)4-5-17(16)22-3)18-11-14(20)12-19-6-8-23-9-7-19/h4-5,10,13-14,18,20H,6-9,11-12H2,1-3H3/t13-,14+/m1/s1. The molecule has 0 aromatic heterocycles. The zero-order valence-corrected chi connectivity index (χ0v) is 14.2. The number of nitrogens with zero attached hydrogens (tertiary/aromatic N) is 1. The maximum absolute atomic E-state index is 10.2. The van der Waals surface area contributed by atoms with Gasteiger partial charge >= 0.3 is 0 Å². The Morgan fingerprint density at radius 1 is 1.26 bits per heavy atom. The lowest BCUT2D eigenvalue weighted by molar-refractivity contribution is 0.0145. The van der Waals surface area contributed by atoms with E-state index in [9.17, 15) is 5.11 Å². The fourth-order valence-corrected chi connectivity index (χ4v) is 2.75. The number of benzene rings is 1. The number of methoxy groups -OCH3 is 2. The van der Waals surface area contributed by atoms with Crippen LogP contribution in [0.4, 0.5) is 0 Å². The summed E-state index contributed by atoms with van der Waals surface area (Å²) in [6.07, 6.45) is -0.410. The van der Waals surface area contributed by atoms with Crippen LogP contribution in [0, 0.1) is 0 Å². The van der Waals surface area contributed by atoms with Gasteiger partial charge in [0.25, 0.3) is 0 Å². The molecule has 0 bridgehead atoms. The van der Waals surface area contributed by atoms with Crippen LogP contribution < -0.4 is 14.8 Å². The van der Waals surface area contributed by atoms with Gasteiger partial charge in [-0.1, -0.05) is 0 Å². The van der Waals surface area contributed by atoms with Crippen LogP contribution in [0.15, 0.2) is 18.2 Å². The second-order valence-electron chi connectivity index (χ2n) is 5.80. The van der Waals surface area contributed by atoms with E-state index in [1.807, 2.05) is 18.2 Å². The normalized spacial score (nSPS) is 18.4. The third-order valence-corrected chi connectivity index (χ3v) is 4.14. The minimum absolute atomic E-state index is 0.0550. The summed E-state index contributed by atoms with van der Waals surface area (Å²) in [6, 6.07) is 5.79. The summed E-state index contributed by atoms with van der Waals surface area (Å²) in [7, 11) is 3.31. The summed E-state index contributed by atoms with van der Waals surface area (Å²) >= 11 is 0. The second-order valence-corrected chi connectivity index (χ2v) is 5.80.